The number of Topliss-reactive ketones (excluding diaryl/α,β-unsaturated/α-hetero) is 1. The molecule has 0 amide bonds. The van der Waals surface area contributed by atoms with Gasteiger partial charge in [0.1, 0.15) is 5.78 Å². The van der Waals surface area contributed by atoms with E-state index in [9.17, 15) is 9.59 Å². The van der Waals surface area contributed by atoms with E-state index >= 15 is 0 Å². The predicted octanol–water partition coefficient (Wildman–Crippen LogP) is 2.39. The lowest BCUT2D eigenvalue weighted by atomic mass is 9.78. The summed E-state index contributed by atoms with van der Waals surface area (Å²) in [6, 6.07) is 10.0. The van der Waals surface area contributed by atoms with Crippen LogP contribution in [-0.4, -0.2) is 18.9 Å². The van der Waals surface area contributed by atoms with Crippen LogP contribution in [-0.2, 0) is 20.7 Å². The monoisotopic (exact) mass is 246 g/mol. The average Bonchev–Trinajstić information content (AvgIpc) is 2.41. The van der Waals surface area contributed by atoms with Crippen molar-refractivity contribution in [3.05, 3.63) is 35.9 Å². The lowest BCUT2D eigenvalue weighted by Crippen LogP contribution is -2.31. The van der Waals surface area contributed by atoms with Crippen molar-refractivity contribution in [2.24, 2.45) is 11.8 Å². The van der Waals surface area contributed by atoms with Crippen LogP contribution in [0.5, 0.6) is 0 Å². The van der Waals surface area contributed by atoms with E-state index in [0.29, 0.717) is 6.42 Å². The highest BCUT2D eigenvalue weighted by atomic mass is 16.5. The van der Waals surface area contributed by atoms with Gasteiger partial charge >= 0.3 is 5.97 Å². The molecule has 0 spiro atoms. The van der Waals surface area contributed by atoms with Gasteiger partial charge in [-0.25, -0.2) is 0 Å². The Morgan fingerprint density at radius 3 is 2.61 bits per heavy atom. The van der Waals surface area contributed by atoms with E-state index in [1.54, 1.807) is 0 Å². The molecule has 1 aliphatic rings. The van der Waals surface area contributed by atoms with Gasteiger partial charge < -0.3 is 4.74 Å². The van der Waals surface area contributed by atoms with Gasteiger partial charge in [-0.05, 0) is 24.8 Å². The van der Waals surface area contributed by atoms with Crippen LogP contribution >= 0.6 is 0 Å². The topological polar surface area (TPSA) is 43.4 Å². The molecule has 2 rings (SSSR count). The summed E-state index contributed by atoms with van der Waals surface area (Å²) in [5, 5.41) is 0. The maximum absolute atomic E-state index is 12.0. The minimum Gasteiger partial charge on any atom is -0.469 e. The summed E-state index contributed by atoms with van der Waals surface area (Å²) in [6.07, 6.45) is 2.67. The smallest absolute Gasteiger partial charge is 0.309 e. The molecule has 1 fully saturated rings. The van der Waals surface area contributed by atoms with Crippen LogP contribution in [0.1, 0.15) is 24.8 Å². The Kier molecular flexibility index (Phi) is 4.13. The van der Waals surface area contributed by atoms with Crippen LogP contribution in [0.3, 0.4) is 0 Å². The first-order valence-electron chi connectivity index (χ1n) is 6.35. The maximum atomic E-state index is 12.0. The second-order valence-corrected chi connectivity index (χ2v) is 4.85. The number of methoxy groups -OCH3 is 1. The summed E-state index contributed by atoms with van der Waals surface area (Å²) >= 11 is 0. The highest BCUT2D eigenvalue weighted by Gasteiger charge is 2.32. The largest absolute Gasteiger partial charge is 0.469 e. The van der Waals surface area contributed by atoms with E-state index in [1.807, 2.05) is 30.3 Å². The SMILES string of the molecule is COC(=O)[C@H]1CC[C@@H](Cc2ccccc2)C(=O)C1. The molecule has 3 heteroatoms. The summed E-state index contributed by atoms with van der Waals surface area (Å²) in [5.41, 5.74) is 1.19. The van der Waals surface area contributed by atoms with Crippen molar-refractivity contribution in [3.63, 3.8) is 0 Å². The van der Waals surface area contributed by atoms with Crippen LogP contribution in [0.25, 0.3) is 0 Å². The van der Waals surface area contributed by atoms with Gasteiger partial charge in [0.05, 0.1) is 13.0 Å². The molecule has 0 radical (unpaired) electrons. The Balaban J connectivity index is 1.94. The molecule has 1 aromatic rings. The van der Waals surface area contributed by atoms with Crippen molar-refractivity contribution in [3.8, 4) is 0 Å². The molecule has 0 aromatic heterocycles. The minimum absolute atomic E-state index is 0.0632. The molecule has 1 aliphatic carbocycles. The summed E-state index contributed by atoms with van der Waals surface area (Å²) in [6.45, 7) is 0. The molecule has 0 aliphatic heterocycles. The first-order valence-corrected chi connectivity index (χ1v) is 6.35. The van der Waals surface area contributed by atoms with Gasteiger partial charge in [-0.15, -0.1) is 0 Å². The summed E-state index contributed by atoms with van der Waals surface area (Å²) < 4.78 is 4.70. The lowest BCUT2D eigenvalue weighted by Gasteiger charge is -2.25. The number of hydrogen-bond donors (Lipinski definition) is 0. The average molecular weight is 246 g/mol. The van der Waals surface area contributed by atoms with E-state index in [0.717, 1.165) is 19.3 Å². The third-order valence-electron chi connectivity index (χ3n) is 3.63. The quantitative estimate of drug-likeness (QED) is 0.769. The van der Waals surface area contributed by atoms with Crippen molar-refractivity contribution in [2.45, 2.75) is 25.7 Å². The van der Waals surface area contributed by atoms with Crippen molar-refractivity contribution < 1.29 is 14.3 Å². The number of benzene rings is 1. The van der Waals surface area contributed by atoms with Crippen LogP contribution in [0.15, 0.2) is 30.3 Å². The Labute approximate surface area is 107 Å². The zero-order chi connectivity index (χ0) is 13.0. The normalized spacial score (nSPS) is 23.7. The Hall–Kier alpha value is -1.64. The van der Waals surface area contributed by atoms with Crippen LogP contribution < -0.4 is 0 Å². The van der Waals surface area contributed by atoms with Crippen molar-refractivity contribution in [2.75, 3.05) is 7.11 Å². The lowest BCUT2D eigenvalue weighted by molar-refractivity contribution is -0.149. The third-order valence-corrected chi connectivity index (χ3v) is 3.63. The second-order valence-electron chi connectivity index (χ2n) is 4.85. The first kappa shape index (κ1) is 12.8. The first-order chi connectivity index (χ1) is 8.70. The zero-order valence-corrected chi connectivity index (χ0v) is 10.6. The van der Waals surface area contributed by atoms with Gasteiger partial charge in [0.2, 0.25) is 0 Å². The molecule has 18 heavy (non-hydrogen) atoms. The van der Waals surface area contributed by atoms with E-state index in [1.165, 1.54) is 12.7 Å². The number of carbonyl (C=O) groups is 2. The van der Waals surface area contributed by atoms with Gasteiger partial charge in [0.15, 0.2) is 0 Å². The summed E-state index contributed by atoms with van der Waals surface area (Å²) in [4.78, 5) is 23.4. The number of rotatable bonds is 3. The van der Waals surface area contributed by atoms with E-state index in [2.05, 4.69) is 0 Å². The van der Waals surface area contributed by atoms with Crippen LogP contribution in [0.4, 0.5) is 0 Å². The van der Waals surface area contributed by atoms with Gasteiger partial charge in [-0.3, -0.25) is 9.59 Å². The zero-order valence-electron chi connectivity index (χ0n) is 10.6. The maximum Gasteiger partial charge on any atom is 0.309 e. The fourth-order valence-corrected chi connectivity index (χ4v) is 2.56. The molecular formula is C15H18O3. The number of hydrogen-bond acceptors (Lipinski definition) is 3. The molecule has 1 saturated carbocycles. The van der Waals surface area contributed by atoms with Crippen molar-refractivity contribution >= 4 is 11.8 Å². The summed E-state index contributed by atoms with van der Waals surface area (Å²) in [7, 11) is 1.38. The number of esters is 1. The van der Waals surface area contributed by atoms with E-state index in [-0.39, 0.29) is 23.6 Å². The summed E-state index contributed by atoms with van der Waals surface area (Å²) in [5.74, 6) is -0.218. The van der Waals surface area contributed by atoms with Gasteiger partial charge in [-0.2, -0.15) is 0 Å². The van der Waals surface area contributed by atoms with Crippen molar-refractivity contribution in [1.82, 2.24) is 0 Å². The second kappa shape index (κ2) is 5.80. The standard InChI is InChI=1S/C15H18O3/c1-18-15(17)13-8-7-12(14(16)10-13)9-11-5-3-2-4-6-11/h2-6,12-13H,7-10H2,1H3/t12-,13-/m0/s1. The predicted molar refractivity (Wildman–Crippen MR) is 68.0 cm³/mol. The molecule has 2 atom stereocenters. The van der Waals surface area contributed by atoms with Crippen LogP contribution in [0.2, 0.25) is 0 Å². The van der Waals surface area contributed by atoms with Gasteiger partial charge in [0, 0.05) is 12.3 Å². The molecule has 0 saturated heterocycles. The third kappa shape index (κ3) is 2.97. The molecular weight excluding hydrogens is 228 g/mol. The van der Waals surface area contributed by atoms with Crippen molar-refractivity contribution in [1.29, 1.82) is 0 Å². The fourth-order valence-electron chi connectivity index (χ4n) is 2.56. The molecule has 3 nitrogen and oxygen atoms in total. The Morgan fingerprint density at radius 2 is 2.00 bits per heavy atom. The van der Waals surface area contributed by atoms with Gasteiger partial charge in [-0.1, -0.05) is 30.3 Å². The van der Waals surface area contributed by atoms with Crippen LogP contribution in [0, 0.1) is 11.8 Å². The molecule has 0 heterocycles. The highest BCUT2D eigenvalue weighted by Crippen LogP contribution is 2.29. The number of carbonyl (C=O) groups excluding carboxylic acids is 2. The molecule has 0 bridgehead atoms. The molecule has 0 unspecified atom stereocenters. The minimum atomic E-state index is -0.249. The fraction of sp³-hybridized carbons (Fsp3) is 0.467. The Bertz CT molecular complexity index is 425. The van der Waals surface area contributed by atoms with E-state index < -0.39 is 0 Å². The van der Waals surface area contributed by atoms with E-state index in [4.69, 9.17) is 4.74 Å². The Morgan fingerprint density at radius 1 is 1.28 bits per heavy atom. The molecule has 0 N–H and O–H groups in total. The number of ether oxygens (including phenoxy) is 1. The molecule has 96 valence electrons. The number of ketones is 1. The highest BCUT2D eigenvalue weighted by molar-refractivity contribution is 5.87. The molecule has 1 aromatic carbocycles. The van der Waals surface area contributed by atoms with Gasteiger partial charge in [0.25, 0.3) is 0 Å².